The van der Waals surface area contributed by atoms with Crippen LogP contribution in [0.2, 0.25) is 0 Å². The number of aryl methyl sites for hydroxylation is 1. The minimum atomic E-state index is -0.254. The molecule has 1 heterocycles. The lowest BCUT2D eigenvalue weighted by Crippen LogP contribution is -1.99. The summed E-state index contributed by atoms with van der Waals surface area (Å²) < 4.78 is 1.16. The lowest BCUT2D eigenvalue weighted by molar-refractivity contribution is 0.160. The molecule has 0 bridgehead atoms. The minimum Gasteiger partial charge on any atom is -0.388 e. The third kappa shape index (κ3) is 3.08. The zero-order chi connectivity index (χ0) is 11.5. The van der Waals surface area contributed by atoms with E-state index in [0.29, 0.717) is 0 Å². The average Bonchev–Trinajstić information content (AvgIpc) is 2.86. The minimum absolute atomic E-state index is 0.254. The summed E-state index contributed by atoms with van der Waals surface area (Å²) in [6, 6.07) is 2.11. The van der Waals surface area contributed by atoms with Crippen LogP contribution in [0.3, 0.4) is 0 Å². The van der Waals surface area contributed by atoms with Crippen molar-refractivity contribution >= 4 is 27.3 Å². The van der Waals surface area contributed by atoms with Crippen molar-refractivity contribution in [1.82, 2.24) is 0 Å². The molecule has 16 heavy (non-hydrogen) atoms. The zero-order valence-electron chi connectivity index (χ0n) is 9.71. The van der Waals surface area contributed by atoms with Crippen LogP contribution in [-0.2, 0) is 0 Å². The van der Waals surface area contributed by atoms with Crippen molar-refractivity contribution in [2.45, 2.75) is 51.6 Å². The van der Waals surface area contributed by atoms with Gasteiger partial charge in [0.15, 0.2) is 0 Å². The van der Waals surface area contributed by atoms with Crippen LogP contribution in [0.4, 0.5) is 0 Å². The van der Waals surface area contributed by atoms with E-state index >= 15 is 0 Å². The summed E-state index contributed by atoms with van der Waals surface area (Å²) >= 11 is 5.18. The molecule has 1 N–H and O–H groups in total. The molecule has 90 valence electrons. The van der Waals surface area contributed by atoms with E-state index in [1.54, 1.807) is 11.3 Å². The third-order valence-electron chi connectivity index (χ3n) is 3.53. The van der Waals surface area contributed by atoms with Crippen molar-refractivity contribution < 1.29 is 5.11 Å². The predicted octanol–water partition coefficient (Wildman–Crippen LogP) is 4.82. The molecule has 1 saturated carbocycles. The molecule has 1 aromatic rings. The quantitative estimate of drug-likeness (QED) is 0.845. The van der Waals surface area contributed by atoms with Crippen LogP contribution >= 0.6 is 27.3 Å². The summed E-state index contributed by atoms with van der Waals surface area (Å²) in [6.07, 6.45) is 7.40. The number of rotatable bonds is 4. The standard InChI is InChI=1S/C13H19BrOS/c1-9-8-12(16-13(9)14)11(15)7-6-10-4-2-3-5-10/h8,10-11,15H,2-7H2,1H3. The first-order valence-corrected chi connectivity index (χ1v) is 7.71. The van der Waals surface area contributed by atoms with Crippen LogP contribution in [0.1, 0.15) is 55.1 Å². The van der Waals surface area contributed by atoms with Crippen LogP contribution in [0, 0.1) is 12.8 Å². The van der Waals surface area contributed by atoms with Crippen LogP contribution in [0.25, 0.3) is 0 Å². The lowest BCUT2D eigenvalue weighted by Gasteiger charge is -2.12. The SMILES string of the molecule is Cc1cc(C(O)CCC2CCCC2)sc1Br. The molecule has 0 spiro atoms. The smallest absolute Gasteiger partial charge is 0.0882 e. The Morgan fingerprint density at radius 2 is 2.19 bits per heavy atom. The number of thiophene rings is 1. The molecule has 1 fully saturated rings. The van der Waals surface area contributed by atoms with Gasteiger partial charge in [-0.2, -0.15) is 0 Å². The lowest BCUT2D eigenvalue weighted by atomic mass is 9.99. The van der Waals surface area contributed by atoms with Gasteiger partial charge in [-0.25, -0.2) is 0 Å². The molecule has 1 atom stereocenters. The van der Waals surface area contributed by atoms with E-state index in [-0.39, 0.29) is 6.10 Å². The summed E-state index contributed by atoms with van der Waals surface area (Å²) in [6.45, 7) is 2.08. The van der Waals surface area contributed by atoms with Crippen molar-refractivity contribution in [2.75, 3.05) is 0 Å². The van der Waals surface area contributed by atoms with Crippen molar-refractivity contribution in [2.24, 2.45) is 5.92 Å². The second-order valence-corrected chi connectivity index (χ2v) is 7.25. The van der Waals surface area contributed by atoms with E-state index in [4.69, 9.17) is 0 Å². The molecule has 2 rings (SSSR count). The Hall–Kier alpha value is 0.140. The average molecular weight is 303 g/mol. The van der Waals surface area contributed by atoms with Gasteiger partial charge in [-0.05, 0) is 53.2 Å². The van der Waals surface area contributed by atoms with Gasteiger partial charge in [0, 0.05) is 4.88 Å². The fourth-order valence-corrected chi connectivity index (χ4v) is 4.07. The molecule has 0 aliphatic heterocycles. The number of hydrogen-bond donors (Lipinski definition) is 1. The largest absolute Gasteiger partial charge is 0.388 e. The Balaban J connectivity index is 1.84. The van der Waals surface area contributed by atoms with Crippen LogP contribution in [0.5, 0.6) is 0 Å². The van der Waals surface area contributed by atoms with Crippen molar-refractivity contribution in [1.29, 1.82) is 0 Å². The Morgan fingerprint density at radius 1 is 1.50 bits per heavy atom. The molecule has 0 amide bonds. The highest BCUT2D eigenvalue weighted by Gasteiger charge is 2.18. The van der Waals surface area contributed by atoms with Gasteiger partial charge in [0.2, 0.25) is 0 Å². The monoisotopic (exact) mass is 302 g/mol. The number of hydrogen-bond acceptors (Lipinski definition) is 2. The van der Waals surface area contributed by atoms with Gasteiger partial charge in [0.05, 0.1) is 9.89 Å². The van der Waals surface area contributed by atoms with E-state index in [2.05, 4.69) is 28.9 Å². The summed E-state index contributed by atoms with van der Waals surface area (Å²) in [5.41, 5.74) is 1.24. The molecule has 0 aromatic carbocycles. The molecule has 1 aliphatic carbocycles. The summed E-state index contributed by atoms with van der Waals surface area (Å²) in [5.74, 6) is 0.874. The number of aliphatic hydroxyl groups excluding tert-OH is 1. The maximum atomic E-state index is 10.1. The van der Waals surface area contributed by atoms with E-state index in [1.165, 1.54) is 37.7 Å². The van der Waals surface area contributed by atoms with Gasteiger partial charge in [0.25, 0.3) is 0 Å². The number of halogens is 1. The van der Waals surface area contributed by atoms with Gasteiger partial charge in [0.1, 0.15) is 0 Å². The maximum Gasteiger partial charge on any atom is 0.0882 e. The molecule has 1 aromatic heterocycles. The Bertz CT molecular complexity index is 322. The highest BCUT2D eigenvalue weighted by atomic mass is 79.9. The summed E-state index contributed by atoms with van der Waals surface area (Å²) in [7, 11) is 0. The van der Waals surface area contributed by atoms with E-state index < -0.39 is 0 Å². The Morgan fingerprint density at radius 3 is 2.75 bits per heavy atom. The molecule has 1 nitrogen and oxygen atoms in total. The van der Waals surface area contributed by atoms with Gasteiger partial charge < -0.3 is 5.11 Å². The normalized spacial score (nSPS) is 19.2. The summed E-state index contributed by atoms with van der Waals surface area (Å²) in [5, 5.41) is 10.1. The van der Waals surface area contributed by atoms with Crippen molar-refractivity contribution in [3.8, 4) is 0 Å². The number of aliphatic hydroxyl groups is 1. The van der Waals surface area contributed by atoms with Crippen LogP contribution < -0.4 is 0 Å². The maximum absolute atomic E-state index is 10.1. The zero-order valence-corrected chi connectivity index (χ0v) is 12.1. The summed E-state index contributed by atoms with van der Waals surface area (Å²) in [4.78, 5) is 1.11. The highest BCUT2D eigenvalue weighted by molar-refractivity contribution is 9.11. The van der Waals surface area contributed by atoms with E-state index in [1.807, 2.05) is 0 Å². The molecule has 3 heteroatoms. The van der Waals surface area contributed by atoms with Gasteiger partial charge in [-0.1, -0.05) is 25.7 Å². The van der Waals surface area contributed by atoms with Gasteiger partial charge in [-0.15, -0.1) is 11.3 Å². The first-order valence-electron chi connectivity index (χ1n) is 6.10. The topological polar surface area (TPSA) is 20.2 Å². The van der Waals surface area contributed by atoms with Crippen LogP contribution in [-0.4, -0.2) is 5.11 Å². The first-order chi connectivity index (χ1) is 7.66. The molecular formula is C13H19BrOS. The van der Waals surface area contributed by atoms with E-state index in [0.717, 1.165) is 21.0 Å². The second kappa shape index (κ2) is 5.65. The fourth-order valence-electron chi connectivity index (χ4n) is 2.48. The first kappa shape index (κ1) is 12.6. The van der Waals surface area contributed by atoms with Crippen LogP contribution in [0.15, 0.2) is 9.85 Å². The second-order valence-electron chi connectivity index (χ2n) is 4.85. The molecule has 0 saturated heterocycles. The van der Waals surface area contributed by atoms with Gasteiger partial charge in [-0.3, -0.25) is 0 Å². The van der Waals surface area contributed by atoms with E-state index in [9.17, 15) is 5.11 Å². The van der Waals surface area contributed by atoms with Crippen molar-refractivity contribution in [3.63, 3.8) is 0 Å². The molecule has 0 radical (unpaired) electrons. The van der Waals surface area contributed by atoms with Gasteiger partial charge >= 0.3 is 0 Å². The highest BCUT2D eigenvalue weighted by Crippen LogP contribution is 2.35. The fraction of sp³-hybridized carbons (Fsp3) is 0.692. The Labute approximate surface area is 110 Å². The molecular weight excluding hydrogens is 284 g/mol. The predicted molar refractivity (Wildman–Crippen MR) is 72.9 cm³/mol. The van der Waals surface area contributed by atoms with Crippen molar-refractivity contribution in [3.05, 3.63) is 20.3 Å². The molecule has 1 aliphatic rings. The molecule has 1 unspecified atom stereocenters. The Kier molecular flexibility index (Phi) is 4.45. The third-order valence-corrected chi connectivity index (χ3v) is 5.77.